The molecule has 0 amide bonds. The molecule has 2 aromatic heterocycles. The fraction of sp³-hybridized carbons (Fsp3) is 0. The third-order valence-electron chi connectivity index (χ3n) is 7.34. The number of fused-ring (bicyclic) bond motifs is 6. The first-order chi connectivity index (χ1) is 17.9. The minimum atomic E-state index is 0.940. The smallest absolute Gasteiger partial charge is 0.134 e. The summed E-state index contributed by atoms with van der Waals surface area (Å²) in [6, 6.07) is 41.7. The van der Waals surface area contributed by atoms with E-state index >= 15 is 0 Å². The van der Waals surface area contributed by atoms with E-state index < -0.39 is 0 Å². The van der Waals surface area contributed by atoms with Gasteiger partial charge >= 0.3 is 0 Å². The van der Waals surface area contributed by atoms with Gasteiger partial charge in [0.1, 0.15) is 5.58 Å². The number of hydrogen-bond acceptors (Lipinski definition) is 2. The highest BCUT2D eigenvalue weighted by Gasteiger charge is 2.19. The summed E-state index contributed by atoms with van der Waals surface area (Å²) in [4.78, 5) is 0. The Morgan fingerprint density at radius 2 is 1.14 bits per heavy atom. The summed E-state index contributed by atoms with van der Waals surface area (Å²) in [6.07, 6.45) is 1.77. The minimum absolute atomic E-state index is 0.940. The average molecular weight is 477 g/mol. The van der Waals surface area contributed by atoms with Gasteiger partial charge in [0.05, 0.1) is 6.26 Å². The summed E-state index contributed by atoms with van der Waals surface area (Å²) >= 11 is 1.88. The SMILES string of the molecule is c1ccc(-c2c3ccccc3c(-c3cccc4c3sc3cc5ccoc5cc34)c3ccccc23)cc1. The molecule has 6 aromatic carbocycles. The van der Waals surface area contributed by atoms with Gasteiger partial charge < -0.3 is 4.42 Å². The second-order valence-corrected chi connectivity index (χ2v) is 10.4. The molecule has 2 heterocycles. The van der Waals surface area contributed by atoms with Crippen molar-refractivity contribution in [3.8, 4) is 22.3 Å². The van der Waals surface area contributed by atoms with Crippen LogP contribution in [0.2, 0.25) is 0 Å². The highest BCUT2D eigenvalue weighted by molar-refractivity contribution is 7.26. The fourth-order valence-corrected chi connectivity index (χ4v) is 7.04. The molecule has 8 rings (SSSR count). The molecule has 0 saturated heterocycles. The van der Waals surface area contributed by atoms with Crippen LogP contribution >= 0.6 is 11.3 Å². The van der Waals surface area contributed by atoms with E-state index in [-0.39, 0.29) is 0 Å². The molecule has 8 aromatic rings. The first-order valence-corrected chi connectivity index (χ1v) is 13.0. The maximum atomic E-state index is 5.73. The number of benzene rings is 6. The molecule has 0 bridgehead atoms. The molecule has 2 heteroatoms. The van der Waals surface area contributed by atoms with E-state index in [4.69, 9.17) is 4.42 Å². The van der Waals surface area contributed by atoms with Crippen LogP contribution in [0.15, 0.2) is 126 Å². The van der Waals surface area contributed by atoms with Gasteiger partial charge in [-0.05, 0) is 56.4 Å². The molecule has 0 radical (unpaired) electrons. The van der Waals surface area contributed by atoms with Crippen LogP contribution in [0.3, 0.4) is 0 Å². The first-order valence-electron chi connectivity index (χ1n) is 12.2. The van der Waals surface area contributed by atoms with Gasteiger partial charge in [0, 0.05) is 31.1 Å². The Hall–Kier alpha value is -4.40. The third-order valence-corrected chi connectivity index (χ3v) is 8.54. The zero-order valence-corrected chi connectivity index (χ0v) is 20.2. The lowest BCUT2D eigenvalue weighted by atomic mass is 9.86. The Bertz CT molecular complexity index is 2040. The van der Waals surface area contributed by atoms with E-state index in [0.717, 1.165) is 11.0 Å². The molecular weight excluding hydrogens is 456 g/mol. The normalized spacial score (nSPS) is 11.9. The quantitative estimate of drug-likeness (QED) is 0.226. The third kappa shape index (κ3) is 2.76. The summed E-state index contributed by atoms with van der Waals surface area (Å²) < 4.78 is 8.35. The summed E-state index contributed by atoms with van der Waals surface area (Å²) in [5.74, 6) is 0. The van der Waals surface area contributed by atoms with E-state index in [1.807, 2.05) is 17.4 Å². The predicted molar refractivity (Wildman–Crippen MR) is 155 cm³/mol. The molecule has 36 heavy (non-hydrogen) atoms. The van der Waals surface area contributed by atoms with Gasteiger partial charge in [-0.1, -0.05) is 97.1 Å². The van der Waals surface area contributed by atoms with Crippen molar-refractivity contribution in [3.05, 3.63) is 122 Å². The van der Waals surface area contributed by atoms with Gasteiger partial charge in [-0.2, -0.15) is 0 Å². The van der Waals surface area contributed by atoms with Crippen molar-refractivity contribution in [2.24, 2.45) is 0 Å². The van der Waals surface area contributed by atoms with Crippen LogP contribution < -0.4 is 0 Å². The minimum Gasteiger partial charge on any atom is -0.464 e. The van der Waals surface area contributed by atoms with Crippen LogP contribution in [-0.4, -0.2) is 0 Å². The Balaban J connectivity index is 1.54. The topological polar surface area (TPSA) is 13.1 Å². The molecular formula is C34H20OS. The molecule has 0 unspecified atom stereocenters. The molecule has 0 saturated carbocycles. The summed E-state index contributed by atoms with van der Waals surface area (Å²) in [5.41, 5.74) is 6.09. The lowest BCUT2D eigenvalue weighted by Crippen LogP contribution is -1.90. The van der Waals surface area contributed by atoms with E-state index in [1.165, 1.54) is 64.0 Å². The van der Waals surface area contributed by atoms with E-state index in [1.54, 1.807) is 6.26 Å². The van der Waals surface area contributed by atoms with Crippen molar-refractivity contribution in [3.63, 3.8) is 0 Å². The monoisotopic (exact) mass is 476 g/mol. The zero-order valence-electron chi connectivity index (χ0n) is 19.4. The van der Waals surface area contributed by atoms with E-state index in [0.29, 0.717) is 0 Å². The zero-order chi connectivity index (χ0) is 23.6. The van der Waals surface area contributed by atoms with Gasteiger partial charge in [0.2, 0.25) is 0 Å². The lowest BCUT2D eigenvalue weighted by molar-refractivity contribution is 0.616. The summed E-state index contributed by atoms with van der Waals surface area (Å²) in [7, 11) is 0. The van der Waals surface area contributed by atoms with Gasteiger partial charge in [0.15, 0.2) is 0 Å². The van der Waals surface area contributed by atoms with E-state index in [9.17, 15) is 0 Å². The van der Waals surface area contributed by atoms with Crippen LogP contribution in [0, 0.1) is 0 Å². The van der Waals surface area contributed by atoms with Gasteiger partial charge in [0.25, 0.3) is 0 Å². The highest BCUT2D eigenvalue weighted by Crippen LogP contribution is 2.48. The molecule has 0 N–H and O–H groups in total. The van der Waals surface area contributed by atoms with Gasteiger partial charge in [-0.25, -0.2) is 0 Å². The Labute approximate surface area is 211 Å². The number of rotatable bonds is 2. The van der Waals surface area contributed by atoms with Crippen molar-refractivity contribution in [1.82, 2.24) is 0 Å². The van der Waals surface area contributed by atoms with Crippen LogP contribution in [0.25, 0.3) is 74.9 Å². The van der Waals surface area contributed by atoms with Crippen molar-refractivity contribution in [2.45, 2.75) is 0 Å². The Morgan fingerprint density at radius 3 is 1.86 bits per heavy atom. The molecule has 0 fully saturated rings. The second kappa shape index (κ2) is 7.55. The van der Waals surface area contributed by atoms with Gasteiger partial charge in [-0.15, -0.1) is 11.3 Å². The molecule has 1 nitrogen and oxygen atoms in total. The Morgan fingerprint density at radius 1 is 0.500 bits per heavy atom. The van der Waals surface area contributed by atoms with Crippen LogP contribution in [-0.2, 0) is 0 Å². The number of hydrogen-bond donors (Lipinski definition) is 0. The lowest BCUT2D eigenvalue weighted by Gasteiger charge is -2.18. The largest absolute Gasteiger partial charge is 0.464 e. The van der Waals surface area contributed by atoms with Crippen molar-refractivity contribution < 1.29 is 4.42 Å². The average Bonchev–Trinajstić information content (AvgIpc) is 3.54. The highest BCUT2D eigenvalue weighted by atomic mass is 32.1. The molecule has 0 spiro atoms. The van der Waals surface area contributed by atoms with Crippen molar-refractivity contribution in [2.75, 3.05) is 0 Å². The predicted octanol–water partition coefficient (Wildman–Crippen LogP) is 10.4. The standard InChI is InChI=1S/C34H20OS/c1-2-9-21(10-3-1)32-23-11-4-6-13-25(23)33(26-14-7-5-12-24(26)32)28-16-8-15-27-29-20-30-22(17-18-35-30)19-31(29)36-34(27)28/h1-20H. The summed E-state index contributed by atoms with van der Waals surface area (Å²) in [6.45, 7) is 0. The second-order valence-electron chi connectivity index (χ2n) is 9.30. The van der Waals surface area contributed by atoms with Crippen LogP contribution in [0.4, 0.5) is 0 Å². The molecule has 0 aliphatic rings. The summed E-state index contributed by atoms with van der Waals surface area (Å²) in [5, 5.41) is 8.84. The van der Waals surface area contributed by atoms with Crippen LogP contribution in [0.1, 0.15) is 0 Å². The molecule has 0 atom stereocenters. The van der Waals surface area contributed by atoms with Gasteiger partial charge in [-0.3, -0.25) is 0 Å². The maximum Gasteiger partial charge on any atom is 0.134 e. The number of furan rings is 1. The molecule has 168 valence electrons. The van der Waals surface area contributed by atoms with Crippen molar-refractivity contribution in [1.29, 1.82) is 0 Å². The molecule has 0 aliphatic heterocycles. The Kier molecular flexibility index (Phi) is 4.16. The molecule has 0 aliphatic carbocycles. The van der Waals surface area contributed by atoms with Crippen molar-refractivity contribution >= 4 is 64.0 Å². The van der Waals surface area contributed by atoms with E-state index in [2.05, 4.69) is 109 Å². The number of thiophene rings is 1. The van der Waals surface area contributed by atoms with Crippen LogP contribution in [0.5, 0.6) is 0 Å². The maximum absolute atomic E-state index is 5.73. The fourth-order valence-electron chi connectivity index (χ4n) is 5.78. The first kappa shape index (κ1) is 19.9.